The van der Waals surface area contributed by atoms with Crippen LogP contribution in [0.25, 0.3) is 16.9 Å². The van der Waals surface area contributed by atoms with Crippen molar-refractivity contribution in [3.8, 4) is 11.3 Å². The van der Waals surface area contributed by atoms with E-state index in [9.17, 15) is 14.4 Å². The maximum absolute atomic E-state index is 12.5. The second kappa shape index (κ2) is 8.68. The van der Waals surface area contributed by atoms with Crippen LogP contribution in [0.4, 0.5) is 5.69 Å². The summed E-state index contributed by atoms with van der Waals surface area (Å²) in [4.78, 5) is 39.7. The SMILES string of the molecule is CCOC(=O)c1cnn2c(-c3cccc(NC(=O)c4ccn(CC(=O)O)n4)c3)ccnc12. The first-order valence-electron chi connectivity index (χ1n) is 9.63. The minimum Gasteiger partial charge on any atom is -0.480 e. The summed E-state index contributed by atoms with van der Waals surface area (Å²) in [5.74, 6) is -2.04. The third-order valence-corrected chi connectivity index (χ3v) is 4.48. The van der Waals surface area contributed by atoms with Crippen molar-refractivity contribution >= 4 is 29.2 Å². The molecule has 0 aliphatic heterocycles. The summed E-state index contributed by atoms with van der Waals surface area (Å²) in [7, 11) is 0. The number of carbonyl (C=O) groups excluding carboxylic acids is 2. The van der Waals surface area contributed by atoms with Crippen LogP contribution in [0.1, 0.15) is 27.8 Å². The summed E-state index contributed by atoms with van der Waals surface area (Å²) in [6, 6.07) is 10.2. The number of fused-ring (bicyclic) bond motifs is 1. The van der Waals surface area contributed by atoms with Crippen LogP contribution in [-0.2, 0) is 16.1 Å². The molecule has 2 N–H and O–H groups in total. The van der Waals surface area contributed by atoms with E-state index in [2.05, 4.69) is 20.5 Å². The Labute approximate surface area is 181 Å². The number of hydrogen-bond donors (Lipinski definition) is 2. The van der Waals surface area contributed by atoms with Gasteiger partial charge in [0, 0.05) is 23.6 Å². The van der Waals surface area contributed by atoms with Crippen molar-refractivity contribution in [2.75, 3.05) is 11.9 Å². The number of rotatable bonds is 7. The third-order valence-electron chi connectivity index (χ3n) is 4.48. The molecular formula is C21H18N6O5. The molecule has 11 nitrogen and oxygen atoms in total. The molecule has 4 aromatic rings. The number of anilines is 1. The molecule has 1 aromatic carbocycles. The molecule has 0 spiro atoms. The summed E-state index contributed by atoms with van der Waals surface area (Å²) < 4.78 is 7.74. The second-order valence-electron chi connectivity index (χ2n) is 6.67. The number of carboxylic acids is 1. The molecule has 1 amide bonds. The maximum atomic E-state index is 12.5. The molecule has 0 saturated heterocycles. The van der Waals surface area contributed by atoms with E-state index in [-0.39, 0.29) is 24.4 Å². The van der Waals surface area contributed by atoms with E-state index in [4.69, 9.17) is 9.84 Å². The fourth-order valence-corrected chi connectivity index (χ4v) is 3.12. The predicted octanol–water partition coefficient (Wildman–Crippen LogP) is 2.11. The fraction of sp³-hybridized carbons (Fsp3) is 0.143. The van der Waals surface area contributed by atoms with Gasteiger partial charge in [-0.3, -0.25) is 14.3 Å². The molecule has 0 atom stereocenters. The average molecular weight is 434 g/mol. The number of benzene rings is 1. The molecule has 0 aliphatic rings. The maximum Gasteiger partial charge on any atom is 0.343 e. The third kappa shape index (κ3) is 4.17. The molecule has 0 saturated carbocycles. The van der Waals surface area contributed by atoms with Gasteiger partial charge in [-0.25, -0.2) is 14.3 Å². The number of amides is 1. The van der Waals surface area contributed by atoms with Gasteiger partial charge in [0.05, 0.1) is 18.5 Å². The van der Waals surface area contributed by atoms with Gasteiger partial charge >= 0.3 is 11.9 Å². The Kier molecular flexibility index (Phi) is 5.62. The first-order chi connectivity index (χ1) is 15.5. The molecule has 11 heteroatoms. The quantitative estimate of drug-likeness (QED) is 0.421. The minimum absolute atomic E-state index is 0.0918. The lowest BCUT2D eigenvalue weighted by Crippen LogP contribution is -2.15. The lowest BCUT2D eigenvalue weighted by molar-refractivity contribution is -0.137. The summed E-state index contributed by atoms with van der Waals surface area (Å²) in [6.07, 6.45) is 4.39. The normalized spacial score (nSPS) is 10.8. The van der Waals surface area contributed by atoms with E-state index in [0.29, 0.717) is 17.0 Å². The van der Waals surface area contributed by atoms with Gasteiger partial charge in [0.2, 0.25) is 0 Å². The highest BCUT2D eigenvalue weighted by Crippen LogP contribution is 2.24. The van der Waals surface area contributed by atoms with Gasteiger partial charge in [0.15, 0.2) is 11.3 Å². The van der Waals surface area contributed by atoms with Gasteiger partial charge in [0.25, 0.3) is 5.91 Å². The second-order valence-corrected chi connectivity index (χ2v) is 6.67. The lowest BCUT2D eigenvalue weighted by atomic mass is 10.1. The lowest BCUT2D eigenvalue weighted by Gasteiger charge is -2.08. The molecule has 3 heterocycles. The van der Waals surface area contributed by atoms with E-state index < -0.39 is 17.8 Å². The van der Waals surface area contributed by atoms with Crippen molar-refractivity contribution in [2.24, 2.45) is 0 Å². The van der Waals surface area contributed by atoms with Gasteiger partial charge in [0.1, 0.15) is 12.1 Å². The van der Waals surface area contributed by atoms with Crippen molar-refractivity contribution in [1.29, 1.82) is 0 Å². The molecule has 162 valence electrons. The Morgan fingerprint density at radius 2 is 2.03 bits per heavy atom. The fourth-order valence-electron chi connectivity index (χ4n) is 3.12. The van der Waals surface area contributed by atoms with E-state index in [1.54, 1.807) is 37.4 Å². The summed E-state index contributed by atoms with van der Waals surface area (Å²) in [5.41, 5.74) is 2.60. The van der Waals surface area contributed by atoms with Crippen molar-refractivity contribution in [3.63, 3.8) is 0 Å². The highest BCUT2D eigenvalue weighted by Gasteiger charge is 2.17. The van der Waals surface area contributed by atoms with Gasteiger partial charge < -0.3 is 15.2 Å². The molecule has 0 radical (unpaired) electrons. The van der Waals surface area contributed by atoms with E-state index in [0.717, 1.165) is 5.56 Å². The smallest absolute Gasteiger partial charge is 0.343 e. The number of esters is 1. The summed E-state index contributed by atoms with van der Waals surface area (Å²) in [5, 5.41) is 19.8. The zero-order valence-electron chi connectivity index (χ0n) is 16.9. The minimum atomic E-state index is -1.05. The van der Waals surface area contributed by atoms with Crippen LogP contribution in [0.2, 0.25) is 0 Å². The van der Waals surface area contributed by atoms with Crippen LogP contribution >= 0.6 is 0 Å². The zero-order chi connectivity index (χ0) is 22.7. The first-order valence-corrected chi connectivity index (χ1v) is 9.63. The molecule has 4 rings (SSSR count). The van der Waals surface area contributed by atoms with Crippen LogP contribution in [-0.4, -0.2) is 53.9 Å². The average Bonchev–Trinajstić information content (AvgIpc) is 3.40. The van der Waals surface area contributed by atoms with Gasteiger partial charge in [-0.05, 0) is 31.2 Å². The van der Waals surface area contributed by atoms with Crippen molar-refractivity contribution in [3.05, 3.63) is 66.2 Å². The molecule has 0 bridgehead atoms. The highest BCUT2D eigenvalue weighted by atomic mass is 16.5. The predicted molar refractivity (Wildman–Crippen MR) is 112 cm³/mol. The van der Waals surface area contributed by atoms with Gasteiger partial charge in [-0.1, -0.05) is 12.1 Å². The van der Waals surface area contributed by atoms with Crippen LogP contribution in [0.5, 0.6) is 0 Å². The number of ether oxygens (including phenoxy) is 1. The summed E-state index contributed by atoms with van der Waals surface area (Å²) >= 11 is 0. The Bertz CT molecular complexity index is 1330. The molecule has 0 aliphatic carbocycles. The molecular weight excluding hydrogens is 416 g/mol. The van der Waals surface area contributed by atoms with E-state index in [1.807, 2.05) is 6.07 Å². The Balaban J connectivity index is 1.60. The van der Waals surface area contributed by atoms with Crippen molar-refractivity contribution in [2.45, 2.75) is 13.5 Å². The largest absolute Gasteiger partial charge is 0.480 e. The van der Waals surface area contributed by atoms with Crippen molar-refractivity contribution in [1.82, 2.24) is 24.4 Å². The Morgan fingerprint density at radius 3 is 2.81 bits per heavy atom. The molecule has 32 heavy (non-hydrogen) atoms. The van der Waals surface area contributed by atoms with Crippen LogP contribution in [0, 0.1) is 0 Å². The molecule has 0 fully saturated rings. The standard InChI is InChI=1S/C21H18N6O5/c1-2-32-21(31)15-11-23-27-17(6-8-22-19(15)27)13-4-3-5-14(10-13)24-20(30)16-7-9-26(25-16)12-18(28)29/h3-11H,2,12H2,1H3,(H,24,30)(H,28,29). The van der Waals surface area contributed by atoms with Gasteiger partial charge in [-0.2, -0.15) is 10.2 Å². The van der Waals surface area contributed by atoms with Crippen LogP contribution in [0.3, 0.4) is 0 Å². The number of carboxylic acid groups (broad SMARTS) is 1. The topological polar surface area (TPSA) is 141 Å². The molecule has 0 unspecified atom stereocenters. The monoisotopic (exact) mass is 434 g/mol. The van der Waals surface area contributed by atoms with Crippen LogP contribution in [0.15, 0.2) is 55.0 Å². The number of aromatic nitrogens is 5. The number of carbonyl (C=O) groups is 3. The number of nitrogens with zero attached hydrogens (tertiary/aromatic N) is 5. The number of hydrogen-bond acceptors (Lipinski definition) is 7. The van der Waals surface area contributed by atoms with Gasteiger partial charge in [-0.15, -0.1) is 0 Å². The zero-order valence-corrected chi connectivity index (χ0v) is 16.9. The highest BCUT2D eigenvalue weighted by molar-refractivity contribution is 6.03. The van der Waals surface area contributed by atoms with E-state index in [1.165, 1.54) is 27.7 Å². The summed E-state index contributed by atoms with van der Waals surface area (Å²) in [6.45, 7) is 1.63. The van der Waals surface area contributed by atoms with E-state index >= 15 is 0 Å². The Hall–Kier alpha value is -4.54. The van der Waals surface area contributed by atoms with Crippen molar-refractivity contribution < 1.29 is 24.2 Å². The molecule has 3 aromatic heterocycles. The number of nitrogens with one attached hydrogen (secondary N) is 1. The Morgan fingerprint density at radius 1 is 1.19 bits per heavy atom. The van der Waals surface area contributed by atoms with Crippen LogP contribution < -0.4 is 5.32 Å². The number of aliphatic carboxylic acids is 1. The first kappa shape index (κ1) is 20.7.